The van der Waals surface area contributed by atoms with E-state index in [-0.39, 0.29) is 5.02 Å². The van der Waals surface area contributed by atoms with Gasteiger partial charge in [-0.3, -0.25) is 0 Å². The summed E-state index contributed by atoms with van der Waals surface area (Å²) in [5.41, 5.74) is 0.800. The molecule has 0 aromatic carbocycles. The molecule has 0 aliphatic carbocycles. The molecule has 0 atom stereocenters. The van der Waals surface area contributed by atoms with Gasteiger partial charge in [-0.1, -0.05) is 18.5 Å². The van der Waals surface area contributed by atoms with Crippen molar-refractivity contribution >= 4 is 11.6 Å². The second-order valence-electron chi connectivity index (χ2n) is 1.93. The van der Waals surface area contributed by atoms with Crippen molar-refractivity contribution in [2.45, 2.75) is 13.3 Å². The van der Waals surface area contributed by atoms with Crippen LogP contribution >= 0.6 is 11.6 Å². The van der Waals surface area contributed by atoms with Crippen LogP contribution in [-0.4, -0.2) is 4.98 Å². The second kappa shape index (κ2) is 2.97. The molecule has 0 saturated heterocycles. The number of nitrogens with zero attached hydrogens (tertiary/aromatic N) is 1. The fourth-order valence-corrected chi connectivity index (χ4v) is 0.973. The highest BCUT2D eigenvalue weighted by Gasteiger charge is 2.03. The van der Waals surface area contributed by atoms with Crippen molar-refractivity contribution in [3.8, 4) is 0 Å². The van der Waals surface area contributed by atoms with Crippen molar-refractivity contribution in [2.24, 2.45) is 0 Å². The maximum atomic E-state index is 12.5. The van der Waals surface area contributed by atoms with Gasteiger partial charge in [-0.05, 0) is 18.1 Å². The average Bonchev–Trinajstić information content (AvgIpc) is 1.95. The van der Waals surface area contributed by atoms with Crippen LogP contribution in [0.1, 0.15) is 12.5 Å². The standard InChI is InChI=1S/C7H7ClFN/c1-2-5-3-4-10-7(9)6(5)8/h3-4H,2H2,1H3. The van der Waals surface area contributed by atoms with Gasteiger partial charge in [0, 0.05) is 6.20 Å². The zero-order valence-electron chi connectivity index (χ0n) is 5.56. The SMILES string of the molecule is CCc1ccnc(F)c1Cl. The Morgan fingerprint density at radius 3 is 2.90 bits per heavy atom. The molecule has 0 radical (unpaired) electrons. The highest BCUT2D eigenvalue weighted by molar-refractivity contribution is 6.31. The Morgan fingerprint density at radius 1 is 1.70 bits per heavy atom. The summed E-state index contributed by atoms with van der Waals surface area (Å²) in [5, 5.41) is 0.144. The molecule has 0 bridgehead atoms. The first-order valence-corrected chi connectivity index (χ1v) is 3.42. The largest absolute Gasteiger partial charge is 0.231 e. The molecule has 54 valence electrons. The summed E-state index contributed by atoms with van der Waals surface area (Å²) >= 11 is 5.56. The van der Waals surface area contributed by atoms with Gasteiger partial charge < -0.3 is 0 Å². The lowest BCUT2D eigenvalue weighted by Crippen LogP contribution is -1.88. The molecule has 1 heterocycles. The van der Waals surface area contributed by atoms with Crippen LogP contribution in [0.15, 0.2) is 12.3 Å². The predicted molar refractivity (Wildman–Crippen MR) is 38.6 cm³/mol. The third kappa shape index (κ3) is 1.27. The van der Waals surface area contributed by atoms with Gasteiger partial charge in [0.2, 0.25) is 5.95 Å². The molecule has 0 unspecified atom stereocenters. The molecule has 0 aliphatic rings. The monoisotopic (exact) mass is 159 g/mol. The number of hydrogen-bond donors (Lipinski definition) is 0. The summed E-state index contributed by atoms with van der Waals surface area (Å²) < 4.78 is 12.5. The molecule has 1 aromatic heterocycles. The van der Waals surface area contributed by atoms with Crippen LogP contribution in [0.5, 0.6) is 0 Å². The van der Waals surface area contributed by atoms with Crippen molar-refractivity contribution in [3.63, 3.8) is 0 Å². The third-order valence-corrected chi connectivity index (χ3v) is 1.71. The number of rotatable bonds is 1. The van der Waals surface area contributed by atoms with E-state index in [9.17, 15) is 4.39 Å². The van der Waals surface area contributed by atoms with E-state index in [0.717, 1.165) is 12.0 Å². The van der Waals surface area contributed by atoms with Crippen LogP contribution in [-0.2, 0) is 6.42 Å². The van der Waals surface area contributed by atoms with Crippen LogP contribution in [0, 0.1) is 5.95 Å². The molecule has 0 N–H and O–H groups in total. The summed E-state index contributed by atoms with van der Waals surface area (Å²) in [4.78, 5) is 3.39. The van der Waals surface area contributed by atoms with Crippen LogP contribution in [0.25, 0.3) is 0 Å². The van der Waals surface area contributed by atoms with Gasteiger partial charge in [0.25, 0.3) is 0 Å². The Labute approximate surface area is 63.8 Å². The van der Waals surface area contributed by atoms with Crippen molar-refractivity contribution in [1.82, 2.24) is 4.98 Å². The van der Waals surface area contributed by atoms with Gasteiger partial charge in [0.1, 0.15) is 0 Å². The van der Waals surface area contributed by atoms with Crippen LogP contribution in [0.2, 0.25) is 5.02 Å². The van der Waals surface area contributed by atoms with Gasteiger partial charge in [0.05, 0.1) is 5.02 Å². The molecule has 0 spiro atoms. The van der Waals surface area contributed by atoms with E-state index >= 15 is 0 Å². The van der Waals surface area contributed by atoms with E-state index in [1.807, 2.05) is 6.92 Å². The summed E-state index contributed by atoms with van der Waals surface area (Å²) in [6.07, 6.45) is 2.15. The number of halogens is 2. The first-order chi connectivity index (χ1) is 4.75. The zero-order valence-corrected chi connectivity index (χ0v) is 6.32. The van der Waals surface area contributed by atoms with E-state index in [2.05, 4.69) is 4.98 Å². The summed E-state index contributed by atoms with van der Waals surface area (Å²) in [6.45, 7) is 1.92. The van der Waals surface area contributed by atoms with E-state index in [1.54, 1.807) is 6.07 Å². The molecular formula is C7H7ClFN. The zero-order chi connectivity index (χ0) is 7.56. The molecule has 0 fully saturated rings. The Bertz CT molecular complexity index is 237. The van der Waals surface area contributed by atoms with Crippen LogP contribution in [0.4, 0.5) is 4.39 Å². The van der Waals surface area contributed by atoms with Crippen molar-refractivity contribution in [3.05, 3.63) is 28.8 Å². The molecule has 10 heavy (non-hydrogen) atoms. The molecule has 1 nitrogen and oxygen atoms in total. The average molecular weight is 160 g/mol. The number of pyridine rings is 1. The lowest BCUT2D eigenvalue weighted by Gasteiger charge is -1.98. The Morgan fingerprint density at radius 2 is 2.40 bits per heavy atom. The maximum absolute atomic E-state index is 12.5. The number of aromatic nitrogens is 1. The van der Waals surface area contributed by atoms with Crippen LogP contribution in [0.3, 0.4) is 0 Å². The molecule has 1 aromatic rings. The quantitative estimate of drug-likeness (QED) is 0.574. The number of hydrogen-bond acceptors (Lipinski definition) is 1. The van der Waals surface area contributed by atoms with Gasteiger partial charge in [-0.25, -0.2) is 4.98 Å². The van der Waals surface area contributed by atoms with Crippen molar-refractivity contribution in [1.29, 1.82) is 0 Å². The molecule has 0 saturated carbocycles. The van der Waals surface area contributed by atoms with Crippen molar-refractivity contribution in [2.75, 3.05) is 0 Å². The Hall–Kier alpha value is -0.630. The lowest BCUT2D eigenvalue weighted by atomic mass is 10.2. The smallest absolute Gasteiger partial charge is 0.227 e. The van der Waals surface area contributed by atoms with Crippen molar-refractivity contribution < 1.29 is 4.39 Å². The minimum absolute atomic E-state index is 0.144. The normalized spacial score (nSPS) is 9.90. The van der Waals surface area contributed by atoms with Gasteiger partial charge >= 0.3 is 0 Å². The molecule has 3 heteroatoms. The first kappa shape index (κ1) is 7.48. The maximum Gasteiger partial charge on any atom is 0.231 e. The van der Waals surface area contributed by atoms with E-state index in [0.29, 0.717) is 0 Å². The van der Waals surface area contributed by atoms with E-state index < -0.39 is 5.95 Å². The summed E-state index contributed by atoms with van der Waals surface area (Å²) in [6, 6.07) is 1.71. The van der Waals surface area contributed by atoms with Crippen LogP contribution < -0.4 is 0 Å². The summed E-state index contributed by atoms with van der Waals surface area (Å²) in [5.74, 6) is -0.582. The minimum atomic E-state index is -0.582. The van der Waals surface area contributed by atoms with Gasteiger partial charge in [-0.2, -0.15) is 4.39 Å². The fourth-order valence-electron chi connectivity index (χ4n) is 0.728. The Kier molecular flexibility index (Phi) is 2.22. The fraction of sp³-hybridized carbons (Fsp3) is 0.286. The Balaban J connectivity index is 3.14. The third-order valence-electron chi connectivity index (χ3n) is 1.31. The first-order valence-electron chi connectivity index (χ1n) is 3.04. The summed E-state index contributed by atoms with van der Waals surface area (Å²) in [7, 11) is 0. The molecule has 1 rings (SSSR count). The van der Waals surface area contributed by atoms with Gasteiger partial charge in [-0.15, -0.1) is 0 Å². The molecule has 0 aliphatic heterocycles. The minimum Gasteiger partial charge on any atom is -0.227 e. The van der Waals surface area contributed by atoms with Gasteiger partial charge in [0.15, 0.2) is 0 Å². The molecular weight excluding hydrogens is 153 g/mol. The van der Waals surface area contributed by atoms with E-state index in [1.165, 1.54) is 6.20 Å². The molecule has 0 amide bonds. The highest BCUT2D eigenvalue weighted by Crippen LogP contribution is 2.17. The topological polar surface area (TPSA) is 12.9 Å². The van der Waals surface area contributed by atoms with E-state index in [4.69, 9.17) is 11.6 Å². The second-order valence-corrected chi connectivity index (χ2v) is 2.31. The predicted octanol–water partition coefficient (Wildman–Crippen LogP) is 2.44. The number of aryl methyl sites for hydroxylation is 1. The highest BCUT2D eigenvalue weighted by atomic mass is 35.5. The lowest BCUT2D eigenvalue weighted by molar-refractivity contribution is 0.582.